The van der Waals surface area contributed by atoms with Crippen molar-refractivity contribution in [3.05, 3.63) is 29.6 Å². The van der Waals surface area contributed by atoms with E-state index in [1.807, 2.05) is 13.0 Å². The van der Waals surface area contributed by atoms with E-state index in [0.29, 0.717) is 12.5 Å². The van der Waals surface area contributed by atoms with Crippen LogP contribution in [-0.2, 0) is 6.54 Å². The van der Waals surface area contributed by atoms with Gasteiger partial charge in [0.05, 0.1) is 5.69 Å². The monoisotopic (exact) mass is 221 g/mol. The zero-order valence-electron chi connectivity index (χ0n) is 10.6. The first-order chi connectivity index (χ1) is 7.61. The van der Waals surface area contributed by atoms with E-state index in [1.165, 1.54) is 0 Å². The lowest BCUT2D eigenvalue weighted by atomic mass is 10.2. The molecule has 0 saturated carbocycles. The van der Waals surface area contributed by atoms with Crippen molar-refractivity contribution >= 4 is 0 Å². The van der Waals surface area contributed by atoms with Gasteiger partial charge in [0.25, 0.3) is 0 Å². The Hall–Kier alpha value is -0.930. The molecule has 0 bridgehead atoms. The van der Waals surface area contributed by atoms with Crippen LogP contribution in [0, 0.1) is 12.8 Å². The van der Waals surface area contributed by atoms with Crippen LogP contribution in [0.3, 0.4) is 0 Å². The number of nitrogens with zero attached hydrogens (tertiary/aromatic N) is 2. The lowest BCUT2D eigenvalue weighted by Crippen LogP contribution is -2.32. The minimum atomic E-state index is 0.663. The Bertz CT molecular complexity index is 310. The number of aryl methyl sites for hydroxylation is 1. The van der Waals surface area contributed by atoms with Gasteiger partial charge in [0.15, 0.2) is 0 Å². The van der Waals surface area contributed by atoms with Crippen LogP contribution < -0.4 is 5.73 Å². The van der Waals surface area contributed by atoms with Crippen molar-refractivity contribution in [2.24, 2.45) is 11.7 Å². The van der Waals surface area contributed by atoms with Gasteiger partial charge in [-0.3, -0.25) is 9.88 Å². The van der Waals surface area contributed by atoms with Gasteiger partial charge in [0.2, 0.25) is 0 Å². The zero-order valence-corrected chi connectivity index (χ0v) is 10.6. The largest absolute Gasteiger partial charge is 0.329 e. The molecule has 0 spiro atoms. The molecule has 0 fully saturated rings. The average Bonchev–Trinajstić information content (AvgIpc) is 2.16. The van der Waals surface area contributed by atoms with Gasteiger partial charge in [-0.2, -0.15) is 0 Å². The molecule has 3 nitrogen and oxygen atoms in total. The first-order valence-electron chi connectivity index (χ1n) is 5.96. The fourth-order valence-electron chi connectivity index (χ4n) is 1.85. The summed E-state index contributed by atoms with van der Waals surface area (Å²) >= 11 is 0. The number of rotatable bonds is 6. The number of aromatic nitrogens is 1. The number of pyridine rings is 1. The maximum absolute atomic E-state index is 5.63. The van der Waals surface area contributed by atoms with Gasteiger partial charge < -0.3 is 5.73 Å². The number of hydrogen-bond donors (Lipinski definition) is 1. The van der Waals surface area contributed by atoms with Gasteiger partial charge in [-0.1, -0.05) is 19.9 Å². The number of hydrogen-bond acceptors (Lipinski definition) is 3. The van der Waals surface area contributed by atoms with Crippen LogP contribution >= 0.6 is 0 Å². The Morgan fingerprint density at radius 3 is 2.69 bits per heavy atom. The van der Waals surface area contributed by atoms with Gasteiger partial charge in [-0.05, 0) is 25.0 Å². The van der Waals surface area contributed by atoms with Crippen LogP contribution in [0.1, 0.15) is 25.2 Å². The molecule has 1 heterocycles. The molecular formula is C13H23N3. The molecule has 3 heteroatoms. The van der Waals surface area contributed by atoms with E-state index in [1.54, 1.807) is 0 Å². The van der Waals surface area contributed by atoms with Crippen molar-refractivity contribution < 1.29 is 0 Å². The molecule has 1 aromatic rings. The molecular weight excluding hydrogens is 198 g/mol. The van der Waals surface area contributed by atoms with Crippen LogP contribution in [0.25, 0.3) is 0 Å². The second-order valence-corrected chi connectivity index (χ2v) is 4.69. The minimum Gasteiger partial charge on any atom is -0.329 e. The molecule has 0 unspecified atom stereocenters. The first kappa shape index (κ1) is 13.1. The maximum Gasteiger partial charge on any atom is 0.0547 e. The van der Waals surface area contributed by atoms with Crippen molar-refractivity contribution in [1.82, 2.24) is 9.88 Å². The molecule has 0 atom stereocenters. The molecule has 0 aliphatic heterocycles. The number of nitrogens with two attached hydrogens (primary N) is 1. The molecule has 0 aliphatic carbocycles. The highest BCUT2D eigenvalue weighted by Crippen LogP contribution is 2.05. The summed E-state index contributed by atoms with van der Waals surface area (Å²) in [7, 11) is 0. The molecule has 0 amide bonds. The van der Waals surface area contributed by atoms with Crippen LogP contribution in [0.15, 0.2) is 18.2 Å². The SMILES string of the molecule is Cc1cccc(CN(CCN)CC(C)C)n1. The Morgan fingerprint density at radius 1 is 1.38 bits per heavy atom. The predicted octanol–water partition coefficient (Wildman–Crippen LogP) is 1.81. The van der Waals surface area contributed by atoms with E-state index in [2.05, 4.69) is 35.9 Å². The quantitative estimate of drug-likeness (QED) is 0.796. The van der Waals surface area contributed by atoms with E-state index >= 15 is 0 Å². The summed E-state index contributed by atoms with van der Waals surface area (Å²) in [6.07, 6.45) is 0. The van der Waals surface area contributed by atoms with Gasteiger partial charge in [0, 0.05) is 31.9 Å². The summed E-state index contributed by atoms with van der Waals surface area (Å²) in [6.45, 7) is 10.1. The van der Waals surface area contributed by atoms with E-state index in [-0.39, 0.29) is 0 Å². The summed E-state index contributed by atoms with van der Waals surface area (Å²) in [6, 6.07) is 6.17. The summed E-state index contributed by atoms with van der Waals surface area (Å²) in [5.41, 5.74) is 7.84. The molecule has 16 heavy (non-hydrogen) atoms. The highest BCUT2D eigenvalue weighted by atomic mass is 15.1. The molecule has 90 valence electrons. The fraction of sp³-hybridized carbons (Fsp3) is 0.615. The first-order valence-corrected chi connectivity index (χ1v) is 5.96. The molecule has 2 N–H and O–H groups in total. The van der Waals surface area contributed by atoms with E-state index < -0.39 is 0 Å². The lowest BCUT2D eigenvalue weighted by molar-refractivity contribution is 0.240. The molecule has 1 rings (SSSR count). The van der Waals surface area contributed by atoms with Crippen molar-refractivity contribution in [2.75, 3.05) is 19.6 Å². The van der Waals surface area contributed by atoms with Crippen LogP contribution in [0.5, 0.6) is 0 Å². The minimum absolute atomic E-state index is 0.663. The van der Waals surface area contributed by atoms with E-state index in [9.17, 15) is 0 Å². The normalized spacial score (nSPS) is 11.4. The maximum atomic E-state index is 5.63. The van der Waals surface area contributed by atoms with E-state index in [0.717, 1.165) is 31.0 Å². The van der Waals surface area contributed by atoms with Gasteiger partial charge in [-0.15, -0.1) is 0 Å². The average molecular weight is 221 g/mol. The van der Waals surface area contributed by atoms with Crippen LogP contribution in [-0.4, -0.2) is 29.5 Å². The zero-order chi connectivity index (χ0) is 12.0. The molecule has 0 radical (unpaired) electrons. The smallest absolute Gasteiger partial charge is 0.0547 e. The van der Waals surface area contributed by atoms with Gasteiger partial charge >= 0.3 is 0 Å². The summed E-state index contributed by atoms with van der Waals surface area (Å²) in [5, 5.41) is 0. The van der Waals surface area contributed by atoms with E-state index in [4.69, 9.17) is 5.73 Å². The molecule has 0 aromatic carbocycles. The molecule has 0 saturated heterocycles. The fourth-order valence-corrected chi connectivity index (χ4v) is 1.85. The Balaban J connectivity index is 2.60. The van der Waals surface area contributed by atoms with Crippen molar-refractivity contribution in [2.45, 2.75) is 27.3 Å². The third-order valence-electron chi connectivity index (χ3n) is 2.40. The molecule has 1 aromatic heterocycles. The lowest BCUT2D eigenvalue weighted by Gasteiger charge is -2.23. The highest BCUT2D eigenvalue weighted by Gasteiger charge is 2.08. The van der Waals surface area contributed by atoms with Crippen LogP contribution in [0.4, 0.5) is 0 Å². The second-order valence-electron chi connectivity index (χ2n) is 4.69. The summed E-state index contributed by atoms with van der Waals surface area (Å²) in [4.78, 5) is 6.89. The van der Waals surface area contributed by atoms with Crippen LogP contribution in [0.2, 0.25) is 0 Å². The van der Waals surface area contributed by atoms with Gasteiger partial charge in [-0.25, -0.2) is 0 Å². The third-order valence-corrected chi connectivity index (χ3v) is 2.40. The standard InChI is InChI=1S/C13H23N3/c1-11(2)9-16(8-7-14)10-13-6-4-5-12(3)15-13/h4-6,11H,7-10,14H2,1-3H3. The highest BCUT2D eigenvalue weighted by molar-refractivity contribution is 5.09. The topological polar surface area (TPSA) is 42.1 Å². The van der Waals surface area contributed by atoms with Crippen molar-refractivity contribution in [3.8, 4) is 0 Å². The summed E-state index contributed by atoms with van der Waals surface area (Å²) in [5.74, 6) is 0.663. The Labute approximate surface area is 98.7 Å². The third kappa shape index (κ3) is 4.73. The second kappa shape index (κ2) is 6.61. The molecule has 0 aliphatic rings. The van der Waals surface area contributed by atoms with Crippen molar-refractivity contribution in [1.29, 1.82) is 0 Å². The Kier molecular flexibility index (Phi) is 5.43. The Morgan fingerprint density at radius 2 is 2.12 bits per heavy atom. The summed E-state index contributed by atoms with van der Waals surface area (Å²) < 4.78 is 0. The predicted molar refractivity (Wildman–Crippen MR) is 68.1 cm³/mol. The van der Waals surface area contributed by atoms with Gasteiger partial charge in [0.1, 0.15) is 0 Å². The van der Waals surface area contributed by atoms with Crippen molar-refractivity contribution in [3.63, 3.8) is 0 Å².